The van der Waals surface area contributed by atoms with Crippen molar-refractivity contribution in [2.75, 3.05) is 6.61 Å². The number of hydrogen-bond acceptors (Lipinski definition) is 2. The van der Waals surface area contributed by atoms with Gasteiger partial charge < -0.3 is 5.11 Å². The van der Waals surface area contributed by atoms with Crippen molar-refractivity contribution in [1.29, 1.82) is 0 Å². The second-order valence-corrected chi connectivity index (χ2v) is 3.71. The first-order valence-corrected chi connectivity index (χ1v) is 4.47. The first kappa shape index (κ1) is 11.1. The molecule has 1 heterocycles. The van der Waals surface area contributed by atoms with Crippen molar-refractivity contribution in [3.05, 3.63) is 18.0 Å². The number of aliphatic hydroxyl groups is 1. The van der Waals surface area contributed by atoms with Gasteiger partial charge in [0.25, 0.3) is 5.92 Å². The lowest BCUT2D eigenvalue weighted by atomic mass is 10.2. The second-order valence-electron chi connectivity index (χ2n) is 3.71. The number of aromatic nitrogens is 2. The molecular weight excluding hydrogens is 190 g/mol. The highest BCUT2D eigenvalue weighted by Gasteiger charge is 2.31. The van der Waals surface area contributed by atoms with E-state index in [1.54, 1.807) is 0 Å². The summed E-state index contributed by atoms with van der Waals surface area (Å²) in [5.41, 5.74) is -0.236. The van der Waals surface area contributed by atoms with Gasteiger partial charge in [-0.05, 0) is 5.92 Å². The molecule has 0 amide bonds. The van der Waals surface area contributed by atoms with Crippen molar-refractivity contribution < 1.29 is 13.9 Å². The lowest BCUT2D eigenvalue weighted by Gasteiger charge is -2.09. The minimum atomic E-state index is -3.19. The van der Waals surface area contributed by atoms with Crippen LogP contribution in [0.5, 0.6) is 0 Å². The Morgan fingerprint density at radius 3 is 2.71 bits per heavy atom. The molecule has 3 nitrogen and oxygen atoms in total. The van der Waals surface area contributed by atoms with Gasteiger partial charge in [-0.3, -0.25) is 4.68 Å². The fourth-order valence-corrected chi connectivity index (χ4v) is 1.12. The predicted molar refractivity (Wildman–Crippen MR) is 48.0 cm³/mol. The van der Waals surface area contributed by atoms with E-state index in [0.717, 1.165) is 6.20 Å². The molecule has 1 aromatic heterocycles. The Labute approximate surface area is 81.4 Å². The molecule has 0 spiro atoms. The Balaban J connectivity index is 2.77. The van der Waals surface area contributed by atoms with Crippen LogP contribution in [0.3, 0.4) is 0 Å². The molecule has 0 bridgehead atoms. The van der Waals surface area contributed by atoms with E-state index in [1.807, 2.05) is 13.8 Å². The van der Waals surface area contributed by atoms with Crippen LogP contribution in [0.2, 0.25) is 0 Å². The van der Waals surface area contributed by atoms with Gasteiger partial charge in [-0.1, -0.05) is 13.8 Å². The molecule has 1 N–H and O–H groups in total. The van der Waals surface area contributed by atoms with E-state index in [1.165, 1.54) is 10.9 Å². The third-order valence-electron chi connectivity index (χ3n) is 1.81. The van der Waals surface area contributed by atoms with Crippen molar-refractivity contribution >= 4 is 0 Å². The highest BCUT2D eigenvalue weighted by Crippen LogP contribution is 2.26. The average Bonchev–Trinajstić information content (AvgIpc) is 2.52. The van der Waals surface area contributed by atoms with Gasteiger partial charge in [0.05, 0.1) is 11.8 Å². The molecule has 0 fully saturated rings. The van der Waals surface area contributed by atoms with Crippen molar-refractivity contribution in [1.82, 2.24) is 9.78 Å². The maximum absolute atomic E-state index is 12.9. The predicted octanol–water partition coefficient (Wildman–Crippen LogP) is 1.62. The summed E-state index contributed by atoms with van der Waals surface area (Å²) in [6.07, 6.45) is 2.37. The summed E-state index contributed by atoms with van der Waals surface area (Å²) in [5.74, 6) is -2.83. The number of aliphatic hydroxyl groups excluding tert-OH is 1. The van der Waals surface area contributed by atoms with E-state index in [4.69, 9.17) is 5.11 Å². The van der Waals surface area contributed by atoms with Crippen LogP contribution in [-0.2, 0) is 12.5 Å². The van der Waals surface area contributed by atoms with E-state index in [9.17, 15) is 8.78 Å². The molecule has 0 radical (unpaired) electrons. The summed E-state index contributed by atoms with van der Waals surface area (Å²) in [7, 11) is 0. The normalized spacial score (nSPS) is 12.4. The first-order chi connectivity index (χ1) is 6.45. The van der Waals surface area contributed by atoms with E-state index in [-0.39, 0.29) is 5.56 Å². The molecule has 1 aromatic rings. The summed E-state index contributed by atoms with van der Waals surface area (Å²) in [6.45, 7) is 3.37. The largest absolute Gasteiger partial charge is 0.390 e. The van der Waals surface area contributed by atoms with Gasteiger partial charge in [-0.25, -0.2) is 0 Å². The fraction of sp³-hybridized carbons (Fsp3) is 0.667. The van der Waals surface area contributed by atoms with E-state index >= 15 is 0 Å². The lowest BCUT2D eigenvalue weighted by Crippen LogP contribution is -2.17. The van der Waals surface area contributed by atoms with Crippen LogP contribution in [0.25, 0.3) is 0 Å². The zero-order valence-electron chi connectivity index (χ0n) is 8.24. The zero-order chi connectivity index (χ0) is 10.8. The van der Waals surface area contributed by atoms with Crippen molar-refractivity contribution in [2.24, 2.45) is 5.92 Å². The van der Waals surface area contributed by atoms with Crippen LogP contribution in [0, 0.1) is 5.92 Å². The van der Waals surface area contributed by atoms with Crippen LogP contribution >= 0.6 is 0 Å². The minimum absolute atomic E-state index is 0.236. The second kappa shape index (κ2) is 4.04. The summed E-state index contributed by atoms with van der Waals surface area (Å²) < 4.78 is 27.3. The Bertz CT molecular complexity index is 297. The molecule has 1 rings (SSSR count). The van der Waals surface area contributed by atoms with Crippen LogP contribution < -0.4 is 0 Å². The molecule has 0 aliphatic carbocycles. The fourth-order valence-electron chi connectivity index (χ4n) is 1.12. The van der Waals surface area contributed by atoms with E-state index in [2.05, 4.69) is 5.10 Å². The van der Waals surface area contributed by atoms with Crippen LogP contribution in [0.1, 0.15) is 19.4 Å². The Kier molecular flexibility index (Phi) is 3.21. The molecule has 0 atom stereocenters. The van der Waals surface area contributed by atoms with Gasteiger partial charge in [0.2, 0.25) is 0 Å². The molecule has 0 aliphatic heterocycles. The summed E-state index contributed by atoms with van der Waals surface area (Å²) >= 11 is 0. The lowest BCUT2D eigenvalue weighted by molar-refractivity contribution is -0.0557. The number of hydrogen-bond donors (Lipinski definition) is 1. The summed E-state index contributed by atoms with van der Waals surface area (Å²) in [6, 6.07) is 0. The van der Waals surface area contributed by atoms with Crippen molar-refractivity contribution in [3.63, 3.8) is 0 Å². The monoisotopic (exact) mass is 204 g/mol. The van der Waals surface area contributed by atoms with E-state index in [0.29, 0.717) is 12.5 Å². The van der Waals surface area contributed by atoms with Crippen molar-refractivity contribution in [2.45, 2.75) is 26.3 Å². The topological polar surface area (TPSA) is 38.0 Å². The third-order valence-corrected chi connectivity index (χ3v) is 1.81. The molecule has 0 saturated carbocycles. The molecule has 80 valence electrons. The molecule has 5 heteroatoms. The first-order valence-electron chi connectivity index (χ1n) is 4.47. The number of nitrogens with zero attached hydrogens (tertiary/aromatic N) is 2. The minimum Gasteiger partial charge on any atom is -0.390 e. The van der Waals surface area contributed by atoms with Crippen LogP contribution in [-0.4, -0.2) is 21.5 Å². The van der Waals surface area contributed by atoms with Gasteiger partial charge in [0, 0.05) is 12.7 Å². The SMILES string of the molecule is CC(C)Cn1cc(C(F)(F)CO)cn1. The summed E-state index contributed by atoms with van der Waals surface area (Å²) in [5, 5.41) is 12.2. The Morgan fingerprint density at radius 2 is 2.21 bits per heavy atom. The molecule has 0 aromatic carbocycles. The van der Waals surface area contributed by atoms with Crippen molar-refractivity contribution in [3.8, 4) is 0 Å². The highest BCUT2D eigenvalue weighted by molar-refractivity contribution is 5.11. The Hall–Kier alpha value is -0.970. The molecule has 0 saturated heterocycles. The maximum atomic E-state index is 12.9. The van der Waals surface area contributed by atoms with Gasteiger partial charge >= 0.3 is 0 Å². The van der Waals surface area contributed by atoms with Crippen LogP contribution in [0.15, 0.2) is 12.4 Å². The number of halogens is 2. The standard InChI is InChI=1S/C9H14F2N2O/c1-7(2)4-13-5-8(3-12-13)9(10,11)6-14/h3,5,7,14H,4,6H2,1-2H3. The highest BCUT2D eigenvalue weighted by atomic mass is 19.3. The quantitative estimate of drug-likeness (QED) is 0.809. The number of rotatable bonds is 4. The van der Waals surface area contributed by atoms with Crippen LogP contribution in [0.4, 0.5) is 8.78 Å². The van der Waals surface area contributed by atoms with Gasteiger partial charge in [0.1, 0.15) is 6.61 Å². The molecule has 0 aliphatic rings. The van der Waals surface area contributed by atoms with Gasteiger partial charge in [-0.15, -0.1) is 0 Å². The Morgan fingerprint density at radius 1 is 1.57 bits per heavy atom. The zero-order valence-corrected chi connectivity index (χ0v) is 8.24. The summed E-state index contributed by atoms with van der Waals surface area (Å²) in [4.78, 5) is 0. The molecule has 14 heavy (non-hydrogen) atoms. The number of alkyl halides is 2. The molecular formula is C9H14F2N2O. The molecule has 0 unspecified atom stereocenters. The van der Waals surface area contributed by atoms with Gasteiger partial charge in [-0.2, -0.15) is 13.9 Å². The average molecular weight is 204 g/mol. The van der Waals surface area contributed by atoms with E-state index < -0.39 is 12.5 Å². The maximum Gasteiger partial charge on any atom is 0.298 e. The third kappa shape index (κ3) is 2.51. The smallest absolute Gasteiger partial charge is 0.298 e. The van der Waals surface area contributed by atoms with Gasteiger partial charge in [0.15, 0.2) is 0 Å².